The van der Waals surface area contributed by atoms with Crippen LogP contribution in [0.1, 0.15) is 51.9 Å². The summed E-state index contributed by atoms with van der Waals surface area (Å²) in [6, 6.07) is 2.16. The highest BCUT2D eigenvalue weighted by Gasteiger charge is 2.22. The van der Waals surface area contributed by atoms with Crippen molar-refractivity contribution in [2.45, 2.75) is 53.1 Å². The molecule has 0 radical (unpaired) electrons. The summed E-state index contributed by atoms with van der Waals surface area (Å²) in [5.74, 6) is 0.240. The second-order valence-electron chi connectivity index (χ2n) is 5.40. The third-order valence-corrected chi connectivity index (χ3v) is 4.08. The van der Waals surface area contributed by atoms with Gasteiger partial charge in [-0.2, -0.15) is 0 Å². The number of ether oxygens (including phenoxy) is 1. The molecule has 1 saturated heterocycles. The molecule has 2 nitrogen and oxygen atoms in total. The van der Waals surface area contributed by atoms with E-state index in [1.165, 1.54) is 11.1 Å². The van der Waals surface area contributed by atoms with E-state index in [1.54, 1.807) is 0 Å². The summed E-state index contributed by atoms with van der Waals surface area (Å²) in [5, 5.41) is 0. The number of benzene rings is 1. The maximum Gasteiger partial charge on any atom is 0.166 e. The first kappa shape index (κ1) is 13.3. The van der Waals surface area contributed by atoms with Gasteiger partial charge in [0, 0.05) is 18.6 Å². The Labute approximate surface area is 109 Å². The van der Waals surface area contributed by atoms with E-state index in [1.807, 2.05) is 13.8 Å². The number of hydrogen-bond acceptors (Lipinski definition) is 2. The molecule has 0 bridgehead atoms. The van der Waals surface area contributed by atoms with Crippen LogP contribution in [0.3, 0.4) is 0 Å². The Balaban J connectivity index is 2.29. The molecule has 1 heterocycles. The molecule has 1 aliphatic heterocycles. The number of Topliss-reactive ketones (excluding diaryl/α,β-unsaturated/α-hetero) is 1. The maximum atomic E-state index is 12.5. The van der Waals surface area contributed by atoms with Crippen molar-refractivity contribution in [2.75, 3.05) is 6.61 Å². The van der Waals surface area contributed by atoms with Gasteiger partial charge in [0.25, 0.3) is 0 Å². The van der Waals surface area contributed by atoms with Crippen LogP contribution < -0.4 is 0 Å². The molecule has 2 rings (SSSR count). The molecule has 1 aromatic rings. The highest BCUT2D eigenvalue weighted by atomic mass is 16.5. The Morgan fingerprint density at radius 3 is 2.33 bits per heavy atom. The second kappa shape index (κ2) is 5.23. The van der Waals surface area contributed by atoms with E-state index in [2.05, 4.69) is 19.9 Å². The van der Waals surface area contributed by atoms with Gasteiger partial charge >= 0.3 is 0 Å². The predicted molar refractivity (Wildman–Crippen MR) is 73.3 cm³/mol. The Morgan fingerprint density at radius 1 is 1.22 bits per heavy atom. The summed E-state index contributed by atoms with van der Waals surface area (Å²) < 4.78 is 5.56. The van der Waals surface area contributed by atoms with E-state index in [0.29, 0.717) is 6.42 Å². The van der Waals surface area contributed by atoms with Crippen LogP contribution in [0.5, 0.6) is 0 Å². The predicted octanol–water partition coefficient (Wildman–Crippen LogP) is 3.67. The molecule has 1 aromatic carbocycles. The van der Waals surface area contributed by atoms with Gasteiger partial charge in [-0.05, 0) is 62.8 Å². The van der Waals surface area contributed by atoms with Gasteiger partial charge in [0.1, 0.15) is 0 Å². The van der Waals surface area contributed by atoms with Crippen molar-refractivity contribution >= 4 is 5.78 Å². The molecular weight excluding hydrogens is 224 g/mol. The molecule has 0 amide bonds. The number of rotatable bonds is 3. The van der Waals surface area contributed by atoms with Gasteiger partial charge in [-0.25, -0.2) is 0 Å². The summed E-state index contributed by atoms with van der Waals surface area (Å²) in [5.41, 5.74) is 5.58. The van der Waals surface area contributed by atoms with E-state index in [0.717, 1.165) is 36.1 Å². The van der Waals surface area contributed by atoms with Crippen LogP contribution >= 0.6 is 0 Å². The topological polar surface area (TPSA) is 26.3 Å². The lowest BCUT2D eigenvalue weighted by atomic mass is 9.90. The first-order valence-corrected chi connectivity index (χ1v) is 6.73. The zero-order valence-electron chi connectivity index (χ0n) is 11.8. The average Bonchev–Trinajstić information content (AvgIpc) is 2.79. The van der Waals surface area contributed by atoms with Crippen LogP contribution in [0.15, 0.2) is 6.07 Å². The maximum absolute atomic E-state index is 12.5. The van der Waals surface area contributed by atoms with Crippen LogP contribution in [0.25, 0.3) is 0 Å². The number of carbonyl (C=O) groups excluding carboxylic acids is 1. The van der Waals surface area contributed by atoms with Crippen molar-refractivity contribution in [3.8, 4) is 0 Å². The fourth-order valence-electron chi connectivity index (χ4n) is 2.75. The summed E-state index contributed by atoms with van der Waals surface area (Å²) in [7, 11) is 0. The molecule has 1 fully saturated rings. The monoisotopic (exact) mass is 246 g/mol. The van der Waals surface area contributed by atoms with E-state index in [-0.39, 0.29) is 11.9 Å². The minimum absolute atomic E-state index is 0.136. The van der Waals surface area contributed by atoms with Crippen molar-refractivity contribution in [2.24, 2.45) is 0 Å². The molecule has 0 spiro atoms. The van der Waals surface area contributed by atoms with Crippen LogP contribution in [-0.4, -0.2) is 18.5 Å². The Hall–Kier alpha value is -1.15. The first-order chi connectivity index (χ1) is 8.50. The fourth-order valence-corrected chi connectivity index (χ4v) is 2.75. The molecule has 98 valence electrons. The van der Waals surface area contributed by atoms with Gasteiger partial charge in [-0.3, -0.25) is 4.79 Å². The number of aryl methyl sites for hydroxylation is 2. The van der Waals surface area contributed by atoms with Crippen molar-refractivity contribution in [1.29, 1.82) is 0 Å². The lowest BCUT2D eigenvalue weighted by Crippen LogP contribution is -2.15. The third-order valence-electron chi connectivity index (χ3n) is 4.08. The molecule has 1 unspecified atom stereocenters. The molecule has 2 heteroatoms. The van der Waals surface area contributed by atoms with Gasteiger partial charge in [0.05, 0.1) is 6.10 Å². The molecule has 1 aliphatic rings. The third kappa shape index (κ3) is 2.49. The SMILES string of the molecule is Cc1cc(C)c(C)c(C(=O)CC2CCCO2)c1C. The summed E-state index contributed by atoms with van der Waals surface area (Å²) in [4.78, 5) is 12.5. The van der Waals surface area contributed by atoms with Gasteiger partial charge in [0.2, 0.25) is 0 Å². The largest absolute Gasteiger partial charge is 0.378 e. The number of hydrogen-bond donors (Lipinski definition) is 0. The molecular formula is C16H22O2. The van der Waals surface area contributed by atoms with Crippen molar-refractivity contribution < 1.29 is 9.53 Å². The van der Waals surface area contributed by atoms with Crippen molar-refractivity contribution in [3.05, 3.63) is 33.9 Å². The molecule has 0 aliphatic carbocycles. The standard InChI is InChI=1S/C16H22O2/c1-10-8-11(2)13(4)16(12(10)3)15(17)9-14-6-5-7-18-14/h8,14H,5-7,9H2,1-4H3. The smallest absolute Gasteiger partial charge is 0.166 e. The Kier molecular flexibility index (Phi) is 3.86. The quantitative estimate of drug-likeness (QED) is 0.761. The Morgan fingerprint density at radius 2 is 1.83 bits per heavy atom. The minimum atomic E-state index is 0.136. The van der Waals surface area contributed by atoms with Crippen LogP contribution in [0, 0.1) is 27.7 Å². The van der Waals surface area contributed by atoms with Gasteiger partial charge in [-0.15, -0.1) is 0 Å². The van der Waals surface area contributed by atoms with Crippen LogP contribution in [0.4, 0.5) is 0 Å². The molecule has 1 atom stereocenters. The van der Waals surface area contributed by atoms with Crippen LogP contribution in [0.2, 0.25) is 0 Å². The van der Waals surface area contributed by atoms with E-state index in [4.69, 9.17) is 4.74 Å². The lowest BCUT2D eigenvalue weighted by molar-refractivity contribution is 0.0774. The average molecular weight is 246 g/mol. The summed E-state index contributed by atoms with van der Waals surface area (Å²) >= 11 is 0. The minimum Gasteiger partial charge on any atom is -0.378 e. The highest BCUT2D eigenvalue weighted by molar-refractivity contribution is 5.99. The van der Waals surface area contributed by atoms with Gasteiger partial charge in [0.15, 0.2) is 5.78 Å². The van der Waals surface area contributed by atoms with Gasteiger partial charge < -0.3 is 4.74 Å². The molecule has 18 heavy (non-hydrogen) atoms. The van der Waals surface area contributed by atoms with Crippen molar-refractivity contribution in [1.82, 2.24) is 0 Å². The first-order valence-electron chi connectivity index (χ1n) is 6.73. The van der Waals surface area contributed by atoms with Gasteiger partial charge in [-0.1, -0.05) is 6.07 Å². The van der Waals surface area contributed by atoms with Crippen molar-refractivity contribution in [3.63, 3.8) is 0 Å². The van der Waals surface area contributed by atoms with E-state index >= 15 is 0 Å². The highest BCUT2D eigenvalue weighted by Crippen LogP contribution is 2.25. The molecule has 0 saturated carbocycles. The van der Waals surface area contributed by atoms with Crippen LogP contribution in [-0.2, 0) is 4.74 Å². The summed E-state index contributed by atoms with van der Waals surface area (Å²) in [6.07, 6.45) is 2.78. The normalized spacial score (nSPS) is 19.2. The van der Waals surface area contributed by atoms with E-state index < -0.39 is 0 Å². The second-order valence-corrected chi connectivity index (χ2v) is 5.40. The number of carbonyl (C=O) groups is 1. The lowest BCUT2D eigenvalue weighted by Gasteiger charge is -2.16. The molecule has 0 aromatic heterocycles. The molecule has 0 N–H and O–H groups in total. The zero-order chi connectivity index (χ0) is 13.3. The fraction of sp³-hybridized carbons (Fsp3) is 0.562. The Bertz CT molecular complexity index is 442. The zero-order valence-corrected chi connectivity index (χ0v) is 11.8. The summed E-state index contributed by atoms with van der Waals surface area (Å²) in [6.45, 7) is 9.05. The number of ketones is 1. The van der Waals surface area contributed by atoms with E-state index in [9.17, 15) is 4.79 Å².